The number of hydrogen-bond acceptors (Lipinski definition) is 5. The van der Waals surface area contributed by atoms with E-state index in [0.717, 1.165) is 16.5 Å². The van der Waals surface area contributed by atoms with Crippen LogP contribution in [0, 0.1) is 6.92 Å². The number of methoxy groups -OCH3 is 1. The van der Waals surface area contributed by atoms with Gasteiger partial charge in [-0.05, 0) is 36.6 Å². The van der Waals surface area contributed by atoms with Gasteiger partial charge in [0, 0.05) is 30.0 Å². The molecule has 0 unspecified atom stereocenters. The summed E-state index contributed by atoms with van der Waals surface area (Å²) in [5.41, 5.74) is 2.03. The zero-order valence-electron chi connectivity index (χ0n) is 15.9. The molecule has 146 valence electrons. The molecule has 0 aliphatic rings. The molecule has 3 rings (SSSR count). The fourth-order valence-corrected chi connectivity index (χ4v) is 3.12. The van der Waals surface area contributed by atoms with Gasteiger partial charge in [-0.25, -0.2) is 4.79 Å². The second-order valence-electron chi connectivity index (χ2n) is 6.59. The minimum Gasteiger partial charge on any atom is -0.497 e. The first-order valence-corrected chi connectivity index (χ1v) is 9.09. The van der Waals surface area contributed by atoms with Crippen molar-refractivity contribution in [1.29, 1.82) is 0 Å². The van der Waals surface area contributed by atoms with Gasteiger partial charge in [0.25, 0.3) is 0 Å². The summed E-state index contributed by atoms with van der Waals surface area (Å²) in [7, 11) is 1.55. The van der Waals surface area contributed by atoms with E-state index in [2.05, 4.69) is 5.32 Å². The van der Waals surface area contributed by atoms with Crippen LogP contribution < -0.4 is 15.7 Å². The lowest BCUT2D eigenvalue weighted by Crippen LogP contribution is -2.29. The highest BCUT2D eigenvalue weighted by atomic mass is 16.5. The lowest BCUT2D eigenvalue weighted by Gasteiger charge is -2.12. The molecule has 1 amide bonds. The van der Waals surface area contributed by atoms with E-state index in [4.69, 9.17) is 9.15 Å². The summed E-state index contributed by atoms with van der Waals surface area (Å²) in [6, 6.07) is 14.4. The lowest BCUT2D eigenvalue weighted by molar-refractivity contribution is -0.121. The molecule has 0 spiro atoms. The molecule has 1 heterocycles. The largest absolute Gasteiger partial charge is 0.497 e. The van der Waals surface area contributed by atoms with Gasteiger partial charge in [-0.15, -0.1) is 0 Å². The van der Waals surface area contributed by atoms with Crippen molar-refractivity contribution in [2.45, 2.75) is 25.9 Å². The van der Waals surface area contributed by atoms with Crippen LogP contribution in [0.3, 0.4) is 0 Å². The smallest absolute Gasteiger partial charge is 0.339 e. The van der Waals surface area contributed by atoms with Gasteiger partial charge in [-0.3, -0.25) is 4.79 Å². The Kier molecular flexibility index (Phi) is 6.11. The van der Waals surface area contributed by atoms with Gasteiger partial charge in [0.05, 0.1) is 13.2 Å². The SMILES string of the molecule is COc1ccc2c(C)c(CCC(=O)NC[C@H](O)c3ccccc3)c(=O)oc2c1. The molecule has 28 heavy (non-hydrogen) atoms. The number of carbonyl (C=O) groups excluding carboxylic acids is 1. The summed E-state index contributed by atoms with van der Waals surface area (Å²) in [4.78, 5) is 24.5. The number of ether oxygens (including phenoxy) is 1. The molecule has 0 saturated carbocycles. The molecule has 0 aliphatic carbocycles. The Bertz CT molecular complexity index is 1030. The number of aliphatic hydroxyl groups excluding tert-OH is 1. The zero-order chi connectivity index (χ0) is 20.1. The zero-order valence-corrected chi connectivity index (χ0v) is 15.9. The Labute approximate surface area is 162 Å². The fourth-order valence-electron chi connectivity index (χ4n) is 3.12. The third kappa shape index (κ3) is 4.40. The summed E-state index contributed by atoms with van der Waals surface area (Å²) in [6.07, 6.45) is -0.370. The predicted octanol–water partition coefficient (Wildman–Crippen LogP) is 2.89. The van der Waals surface area contributed by atoms with E-state index >= 15 is 0 Å². The second kappa shape index (κ2) is 8.71. The van der Waals surface area contributed by atoms with Crippen LogP contribution >= 0.6 is 0 Å². The second-order valence-corrected chi connectivity index (χ2v) is 6.59. The van der Waals surface area contributed by atoms with Gasteiger partial charge < -0.3 is 19.6 Å². The number of fused-ring (bicyclic) bond motifs is 1. The summed E-state index contributed by atoms with van der Waals surface area (Å²) < 4.78 is 10.6. The molecule has 1 atom stereocenters. The average Bonchev–Trinajstić information content (AvgIpc) is 2.71. The highest BCUT2D eigenvalue weighted by molar-refractivity contribution is 5.82. The first-order valence-electron chi connectivity index (χ1n) is 9.09. The first-order chi connectivity index (χ1) is 13.5. The van der Waals surface area contributed by atoms with Gasteiger partial charge in [-0.2, -0.15) is 0 Å². The number of aliphatic hydroxyl groups is 1. The predicted molar refractivity (Wildman–Crippen MR) is 107 cm³/mol. The highest BCUT2D eigenvalue weighted by Crippen LogP contribution is 2.24. The van der Waals surface area contributed by atoms with Crippen molar-refractivity contribution in [3.8, 4) is 5.75 Å². The van der Waals surface area contributed by atoms with E-state index in [1.54, 1.807) is 31.4 Å². The summed E-state index contributed by atoms with van der Waals surface area (Å²) in [6.45, 7) is 1.96. The van der Waals surface area contributed by atoms with Gasteiger partial charge in [0.1, 0.15) is 11.3 Å². The lowest BCUT2D eigenvalue weighted by atomic mass is 10.0. The topological polar surface area (TPSA) is 88.8 Å². The first kappa shape index (κ1) is 19.6. The number of rotatable bonds is 7. The Morgan fingerprint density at radius 1 is 1.21 bits per heavy atom. The summed E-state index contributed by atoms with van der Waals surface area (Å²) in [5, 5.41) is 13.6. The van der Waals surface area contributed by atoms with Crippen LogP contribution in [-0.2, 0) is 11.2 Å². The number of aryl methyl sites for hydroxylation is 1. The number of amides is 1. The van der Waals surface area contributed by atoms with E-state index in [0.29, 0.717) is 16.9 Å². The third-order valence-electron chi connectivity index (χ3n) is 4.77. The molecular formula is C22H23NO5. The molecule has 6 nitrogen and oxygen atoms in total. The third-order valence-corrected chi connectivity index (χ3v) is 4.77. The van der Waals surface area contributed by atoms with Crippen molar-refractivity contribution in [3.63, 3.8) is 0 Å². The monoisotopic (exact) mass is 381 g/mol. The Morgan fingerprint density at radius 3 is 2.68 bits per heavy atom. The van der Waals surface area contributed by atoms with Crippen molar-refractivity contribution in [2.24, 2.45) is 0 Å². The molecule has 0 bridgehead atoms. The number of nitrogens with one attached hydrogen (secondary N) is 1. The van der Waals surface area contributed by atoms with Crippen molar-refractivity contribution in [1.82, 2.24) is 5.32 Å². The van der Waals surface area contributed by atoms with E-state index in [1.165, 1.54) is 0 Å². The van der Waals surface area contributed by atoms with E-state index in [9.17, 15) is 14.7 Å². The van der Waals surface area contributed by atoms with Crippen molar-refractivity contribution >= 4 is 16.9 Å². The maximum atomic E-state index is 12.3. The van der Waals surface area contributed by atoms with Crippen molar-refractivity contribution < 1.29 is 19.1 Å². The molecule has 2 N–H and O–H groups in total. The molecule has 0 fully saturated rings. The molecule has 0 radical (unpaired) electrons. The Morgan fingerprint density at radius 2 is 1.96 bits per heavy atom. The normalized spacial score (nSPS) is 12.0. The quantitative estimate of drug-likeness (QED) is 0.615. The average molecular weight is 381 g/mol. The fraction of sp³-hybridized carbons (Fsp3) is 0.273. The maximum absolute atomic E-state index is 12.3. The van der Waals surface area contributed by atoms with Crippen LogP contribution in [0.2, 0.25) is 0 Å². The summed E-state index contributed by atoms with van der Waals surface area (Å²) in [5.74, 6) is 0.378. The molecule has 0 saturated heterocycles. The highest BCUT2D eigenvalue weighted by Gasteiger charge is 2.14. The van der Waals surface area contributed by atoms with Crippen LogP contribution in [0.1, 0.15) is 29.2 Å². The number of hydrogen-bond donors (Lipinski definition) is 2. The van der Waals surface area contributed by atoms with E-state index in [-0.39, 0.29) is 25.3 Å². The van der Waals surface area contributed by atoms with Gasteiger partial charge in [0.15, 0.2) is 0 Å². The molecular weight excluding hydrogens is 358 g/mol. The molecule has 6 heteroatoms. The summed E-state index contributed by atoms with van der Waals surface area (Å²) >= 11 is 0. The van der Waals surface area contributed by atoms with Crippen LogP contribution in [-0.4, -0.2) is 24.7 Å². The molecule has 2 aromatic carbocycles. The minimum absolute atomic E-state index is 0.119. The van der Waals surface area contributed by atoms with Crippen molar-refractivity contribution in [3.05, 3.63) is 75.6 Å². The van der Waals surface area contributed by atoms with Crippen LogP contribution in [0.25, 0.3) is 11.0 Å². The van der Waals surface area contributed by atoms with Gasteiger partial charge in [0.2, 0.25) is 5.91 Å². The Balaban J connectivity index is 1.64. The molecule has 3 aromatic rings. The Hall–Kier alpha value is -3.12. The van der Waals surface area contributed by atoms with E-state index in [1.807, 2.05) is 31.2 Å². The maximum Gasteiger partial charge on any atom is 0.339 e. The number of carbonyl (C=O) groups is 1. The molecule has 0 aliphatic heterocycles. The van der Waals surface area contributed by atoms with Gasteiger partial charge >= 0.3 is 5.63 Å². The number of benzene rings is 2. The van der Waals surface area contributed by atoms with Gasteiger partial charge in [-0.1, -0.05) is 30.3 Å². The standard InChI is InChI=1S/C22H23NO5/c1-14-17-9-8-16(27-2)12-20(17)28-22(26)18(14)10-11-21(25)23-13-19(24)15-6-4-3-5-7-15/h3-9,12,19,24H,10-11,13H2,1-2H3,(H,23,25)/t19-/m0/s1. The van der Waals surface area contributed by atoms with Crippen molar-refractivity contribution in [2.75, 3.05) is 13.7 Å². The van der Waals surface area contributed by atoms with Crippen LogP contribution in [0.4, 0.5) is 0 Å². The van der Waals surface area contributed by atoms with Crippen LogP contribution in [0.5, 0.6) is 5.75 Å². The minimum atomic E-state index is -0.771. The molecule has 1 aromatic heterocycles. The van der Waals surface area contributed by atoms with Crippen LogP contribution in [0.15, 0.2) is 57.7 Å². The van der Waals surface area contributed by atoms with E-state index < -0.39 is 11.7 Å².